The molecule has 0 atom stereocenters. The number of pyridine rings is 1. The van der Waals surface area contributed by atoms with Crippen LogP contribution < -0.4 is 5.73 Å². The Labute approximate surface area is 127 Å². The third-order valence-corrected chi connectivity index (χ3v) is 4.30. The van der Waals surface area contributed by atoms with E-state index >= 15 is 0 Å². The molecule has 3 rings (SSSR count). The fourth-order valence-corrected chi connectivity index (χ4v) is 3.06. The van der Waals surface area contributed by atoms with Crippen molar-refractivity contribution in [3.63, 3.8) is 0 Å². The van der Waals surface area contributed by atoms with Crippen LogP contribution in [-0.2, 0) is 6.18 Å². The first-order valence-electron chi connectivity index (χ1n) is 6.21. The molecule has 0 unspecified atom stereocenters. The van der Waals surface area contributed by atoms with Crippen LogP contribution in [0.2, 0.25) is 0 Å². The summed E-state index contributed by atoms with van der Waals surface area (Å²) < 4.78 is 38.6. The average molecular weight is 322 g/mol. The first kappa shape index (κ1) is 14.5. The summed E-state index contributed by atoms with van der Waals surface area (Å²) >= 11 is 1.20. The van der Waals surface area contributed by atoms with Crippen LogP contribution in [-0.4, -0.2) is 10.9 Å². The molecule has 7 heteroatoms. The van der Waals surface area contributed by atoms with Crippen molar-refractivity contribution in [3.05, 3.63) is 53.2 Å². The Balaban J connectivity index is 2.12. The van der Waals surface area contributed by atoms with E-state index in [1.807, 2.05) is 0 Å². The zero-order chi connectivity index (χ0) is 15.9. The van der Waals surface area contributed by atoms with E-state index in [-0.39, 0.29) is 0 Å². The highest BCUT2D eigenvalue weighted by Gasteiger charge is 2.30. The van der Waals surface area contributed by atoms with Crippen LogP contribution in [0.1, 0.15) is 15.2 Å². The van der Waals surface area contributed by atoms with Gasteiger partial charge in [-0.1, -0.05) is 12.1 Å². The number of nitrogens with two attached hydrogens (primary N) is 1. The van der Waals surface area contributed by atoms with E-state index in [0.717, 1.165) is 22.2 Å². The van der Waals surface area contributed by atoms with Crippen molar-refractivity contribution in [3.8, 4) is 11.1 Å². The summed E-state index contributed by atoms with van der Waals surface area (Å²) in [5.74, 6) is -0.542. The second-order valence-corrected chi connectivity index (χ2v) is 5.73. The number of alkyl halides is 3. The second-order valence-electron chi connectivity index (χ2n) is 4.65. The molecule has 22 heavy (non-hydrogen) atoms. The highest BCUT2D eigenvalue weighted by molar-refractivity contribution is 7.20. The van der Waals surface area contributed by atoms with Gasteiger partial charge in [0.2, 0.25) is 0 Å². The number of hydrogen-bond donors (Lipinski definition) is 1. The molecule has 0 aliphatic rings. The first-order chi connectivity index (χ1) is 10.4. The molecule has 3 nitrogen and oxygen atoms in total. The van der Waals surface area contributed by atoms with Crippen LogP contribution in [0.3, 0.4) is 0 Å². The summed E-state index contributed by atoms with van der Waals surface area (Å²) in [6.45, 7) is 0. The van der Waals surface area contributed by atoms with Crippen LogP contribution >= 0.6 is 11.3 Å². The number of thiophene rings is 1. The van der Waals surface area contributed by atoms with Gasteiger partial charge in [-0.25, -0.2) is 0 Å². The van der Waals surface area contributed by atoms with E-state index < -0.39 is 17.6 Å². The minimum atomic E-state index is -4.37. The maximum atomic E-state index is 12.6. The number of fused-ring (bicyclic) bond motifs is 1. The molecule has 0 bridgehead atoms. The first-order valence-corrected chi connectivity index (χ1v) is 7.03. The molecule has 0 radical (unpaired) electrons. The standard InChI is InChI=1S/C15H9F3N2OS/c16-15(17,18)9-3-1-8(2-4-9)11-6-20-7-13-10(11)5-12(22-13)14(19)21/h1-7H,(H2,19,21). The van der Waals surface area contributed by atoms with Crippen molar-refractivity contribution >= 4 is 27.3 Å². The smallest absolute Gasteiger partial charge is 0.365 e. The van der Waals surface area contributed by atoms with Crippen LogP contribution in [0.25, 0.3) is 21.2 Å². The number of nitrogens with zero attached hydrogens (tertiary/aromatic N) is 1. The molecule has 0 saturated carbocycles. The van der Waals surface area contributed by atoms with Crippen molar-refractivity contribution < 1.29 is 18.0 Å². The lowest BCUT2D eigenvalue weighted by Crippen LogP contribution is -2.08. The molecule has 2 N–H and O–H groups in total. The molecule has 112 valence electrons. The zero-order valence-corrected chi connectivity index (χ0v) is 11.8. The van der Waals surface area contributed by atoms with E-state index in [0.29, 0.717) is 16.0 Å². The SMILES string of the molecule is NC(=O)c1cc2c(-c3ccc(C(F)(F)F)cc3)cncc2s1. The molecule has 3 aromatic rings. The quantitative estimate of drug-likeness (QED) is 0.773. The molecule has 0 spiro atoms. The van der Waals surface area contributed by atoms with Crippen molar-refractivity contribution in [1.82, 2.24) is 4.98 Å². The Morgan fingerprint density at radius 2 is 1.82 bits per heavy atom. The number of aromatic nitrogens is 1. The van der Waals surface area contributed by atoms with Gasteiger partial charge in [-0.05, 0) is 23.8 Å². The van der Waals surface area contributed by atoms with E-state index in [2.05, 4.69) is 4.98 Å². The highest BCUT2D eigenvalue weighted by atomic mass is 32.1. The Bertz CT molecular complexity index is 853. The molecule has 0 aliphatic carbocycles. The van der Waals surface area contributed by atoms with Gasteiger partial charge in [0.15, 0.2) is 0 Å². The van der Waals surface area contributed by atoms with Crippen molar-refractivity contribution in [2.45, 2.75) is 6.18 Å². The van der Waals surface area contributed by atoms with Crippen LogP contribution in [0.5, 0.6) is 0 Å². The molecule has 1 aromatic carbocycles. The summed E-state index contributed by atoms with van der Waals surface area (Å²) in [5, 5.41) is 0.744. The Morgan fingerprint density at radius 1 is 1.14 bits per heavy atom. The van der Waals surface area contributed by atoms with Crippen LogP contribution in [0, 0.1) is 0 Å². The van der Waals surface area contributed by atoms with Crippen molar-refractivity contribution in [2.24, 2.45) is 5.73 Å². The number of primary amides is 1. The molecule has 1 amide bonds. The topological polar surface area (TPSA) is 56.0 Å². The number of rotatable bonds is 2. The average Bonchev–Trinajstić information content (AvgIpc) is 2.90. The lowest BCUT2D eigenvalue weighted by molar-refractivity contribution is -0.137. The van der Waals surface area contributed by atoms with Gasteiger partial charge in [-0.15, -0.1) is 11.3 Å². The third-order valence-electron chi connectivity index (χ3n) is 3.21. The third kappa shape index (κ3) is 2.55. The van der Waals surface area contributed by atoms with E-state index in [1.165, 1.54) is 23.5 Å². The molecule has 2 aromatic heterocycles. The van der Waals surface area contributed by atoms with Crippen LogP contribution in [0.4, 0.5) is 13.2 Å². The van der Waals surface area contributed by atoms with Gasteiger partial charge in [0.1, 0.15) is 0 Å². The Morgan fingerprint density at radius 3 is 2.41 bits per heavy atom. The molecular formula is C15H9F3N2OS. The number of amides is 1. The summed E-state index contributed by atoms with van der Waals surface area (Å²) in [6, 6.07) is 6.46. The highest BCUT2D eigenvalue weighted by Crippen LogP contribution is 2.35. The van der Waals surface area contributed by atoms with Gasteiger partial charge in [0.05, 0.1) is 15.1 Å². The maximum absolute atomic E-state index is 12.6. The number of carbonyl (C=O) groups is 1. The predicted octanol–water partition coefficient (Wildman–Crippen LogP) is 4.08. The molecule has 0 fully saturated rings. The molecule has 0 aliphatic heterocycles. The van der Waals surface area contributed by atoms with Gasteiger partial charge in [-0.2, -0.15) is 13.2 Å². The second kappa shape index (κ2) is 5.10. The summed E-state index contributed by atoms with van der Waals surface area (Å²) in [5.41, 5.74) is 5.81. The fraction of sp³-hybridized carbons (Fsp3) is 0.0667. The summed E-state index contributed by atoms with van der Waals surface area (Å²) in [7, 11) is 0. The predicted molar refractivity (Wildman–Crippen MR) is 78.6 cm³/mol. The number of carbonyl (C=O) groups excluding carboxylic acids is 1. The van der Waals surface area contributed by atoms with E-state index in [4.69, 9.17) is 5.73 Å². The summed E-state index contributed by atoms with van der Waals surface area (Å²) in [4.78, 5) is 15.7. The van der Waals surface area contributed by atoms with Gasteiger partial charge in [0, 0.05) is 23.3 Å². The van der Waals surface area contributed by atoms with E-state index in [1.54, 1.807) is 18.5 Å². The monoisotopic (exact) mass is 322 g/mol. The molecule has 2 heterocycles. The largest absolute Gasteiger partial charge is 0.416 e. The fourth-order valence-electron chi connectivity index (χ4n) is 2.15. The Kier molecular flexibility index (Phi) is 3.37. The number of benzene rings is 1. The Hall–Kier alpha value is -2.41. The minimum Gasteiger partial charge on any atom is -0.365 e. The summed E-state index contributed by atoms with van der Waals surface area (Å²) in [6.07, 6.45) is -1.22. The number of halogens is 3. The zero-order valence-electron chi connectivity index (χ0n) is 11.0. The molecule has 0 saturated heterocycles. The van der Waals surface area contributed by atoms with E-state index in [9.17, 15) is 18.0 Å². The van der Waals surface area contributed by atoms with Crippen molar-refractivity contribution in [2.75, 3.05) is 0 Å². The number of hydrogen-bond acceptors (Lipinski definition) is 3. The van der Waals surface area contributed by atoms with Gasteiger partial charge in [0.25, 0.3) is 5.91 Å². The van der Waals surface area contributed by atoms with Gasteiger partial charge in [-0.3, -0.25) is 9.78 Å². The molecular weight excluding hydrogens is 313 g/mol. The lowest BCUT2D eigenvalue weighted by Gasteiger charge is -2.08. The van der Waals surface area contributed by atoms with Gasteiger partial charge >= 0.3 is 6.18 Å². The minimum absolute atomic E-state index is 0.385. The van der Waals surface area contributed by atoms with Crippen LogP contribution in [0.15, 0.2) is 42.7 Å². The van der Waals surface area contributed by atoms with Gasteiger partial charge < -0.3 is 5.73 Å². The van der Waals surface area contributed by atoms with Crippen molar-refractivity contribution in [1.29, 1.82) is 0 Å². The normalized spacial score (nSPS) is 11.8. The lowest BCUT2D eigenvalue weighted by atomic mass is 10.0. The maximum Gasteiger partial charge on any atom is 0.416 e.